The fourth-order valence-corrected chi connectivity index (χ4v) is 2.43. The number of hydrogen-bond acceptors (Lipinski definition) is 2. The van der Waals surface area contributed by atoms with Crippen LogP contribution in [0.4, 0.5) is 8.78 Å². The molecule has 2 atom stereocenters. The Bertz CT molecular complexity index is 574. The molecule has 2 rings (SSSR count). The maximum Gasteiger partial charge on any atom is 0.131 e. The number of ether oxygens (including phenoxy) is 1. The minimum absolute atomic E-state index is 0.346. The second-order valence-corrected chi connectivity index (χ2v) is 4.72. The van der Waals surface area contributed by atoms with E-state index in [1.807, 2.05) is 37.3 Å². The van der Waals surface area contributed by atoms with Crippen LogP contribution in [0, 0.1) is 11.6 Å². The third-order valence-electron chi connectivity index (χ3n) is 3.39. The van der Waals surface area contributed by atoms with E-state index in [4.69, 9.17) is 4.74 Å². The van der Waals surface area contributed by atoms with Crippen LogP contribution in [0.1, 0.15) is 30.2 Å². The highest BCUT2D eigenvalue weighted by Crippen LogP contribution is 2.33. The normalized spacial score (nSPS) is 13.9. The average molecular weight is 291 g/mol. The van der Waals surface area contributed by atoms with Crippen LogP contribution in [0.25, 0.3) is 0 Å². The van der Waals surface area contributed by atoms with Gasteiger partial charge in [0, 0.05) is 18.2 Å². The van der Waals surface area contributed by atoms with Gasteiger partial charge in [-0.15, -0.1) is 0 Å². The quantitative estimate of drug-likeness (QED) is 0.868. The molecule has 0 saturated heterocycles. The van der Waals surface area contributed by atoms with E-state index in [0.29, 0.717) is 12.2 Å². The summed E-state index contributed by atoms with van der Waals surface area (Å²) in [6.45, 7) is 2.39. The second-order valence-electron chi connectivity index (χ2n) is 4.72. The summed E-state index contributed by atoms with van der Waals surface area (Å²) in [5.74, 6) is -1.16. The summed E-state index contributed by atoms with van der Waals surface area (Å²) in [5, 5.41) is 3.07. The smallest absolute Gasteiger partial charge is 0.131 e. The summed E-state index contributed by atoms with van der Waals surface area (Å²) in [5.41, 5.74) is 1.34. The number of rotatable bonds is 6. The van der Waals surface area contributed by atoms with Crippen LogP contribution in [0.2, 0.25) is 0 Å². The van der Waals surface area contributed by atoms with Crippen molar-refractivity contribution < 1.29 is 13.5 Å². The van der Waals surface area contributed by atoms with Crippen molar-refractivity contribution in [1.82, 2.24) is 5.32 Å². The Morgan fingerprint density at radius 2 is 1.81 bits per heavy atom. The fraction of sp³-hybridized carbons (Fsp3) is 0.294. The van der Waals surface area contributed by atoms with Crippen molar-refractivity contribution in [1.29, 1.82) is 0 Å². The van der Waals surface area contributed by atoms with E-state index < -0.39 is 17.7 Å². The largest absolute Gasteiger partial charge is 0.372 e. The first kappa shape index (κ1) is 15.6. The molecule has 2 nitrogen and oxygen atoms in total. The van der Waals surface area contributed by atoms with Crippen molar-refractivity contribution in [3.63, 3.8) is 0 Å². The van der Waals surface area contributed by atoms with Gasteiger partial charge in [-0.05, 0) is 25.6 Å². The Morgan fingerprint density at radius 1 is 1.10 bits per heavy atom. The molecule has 0 amide bonds. The Labute approximate surface area is 123 Å². The van der Waals surface area contributed by atoms with E-state index in [2.05, 4.69) is 5.32 Å². The minimum Gasteiger partial charge on any atom is -0.372 e. The van der Waals surface area contributed by atoms with Gasteiger partial charge in [0.25, 0.3) is 0 Å². The summed E-state index contributed by atoms with van der Waals surface area (Å²) in [6.07, 6.45) is -0.346. The third kappa shape index (κ3) is 3.65. The molecule has 0 fully saturated rings. The summed E-state index contributed by atoms with van der Waals surface area (Å²) < 4.78 is 33.0. The molecule has 0 radical (unpaired) electrons. The van der Waals surface area contributed by atoms with E-state index >= 15 is 0 Å². The van der Waals surface area contributed by atoms with Crippen LogP contribution in [-0.2, 0) is 4.74 Å². The highest BCUT2D eigenvalue weighted by atomic mass is 19.1. The summed E-state index contributed by atoms with van der Waals surface area (Å²) in [7, 11) is 1.74. The maximum absolute atomic E-state index is 14.1. The van der Waals surface area contributed by atoms with Crippen molar-refractivity contribution in [3.05, 3.63) is 71.3 Å². The molecule has 2 aromatic carbocycles. The average Bonchev–Trinajstić information content (AvgIpc) is 2.50. The molecule has 0 aliphatic carbocycles. The Balaban J connectivity index is 2.40. The van der Waals surface area contributed by atoms with Gasteiger partial charge in [-0.1, -0.05) is 36.4 Å². The Morgan fingerprint density at radius 3 is 2.38 bits per heavy atom. The second kappa shape index (κ2) is 7.29. The van der Waals surface area contributed by atoms with Crippen LogP contribution >= 0.6 is 0 Å². The van der Waals surface area contributed by atoms with Crippen molar-refractivity contribution in [2.45, 2.75) is 19.1 Å². The molecule has 0 spiro atoms. The molecule has 0 aliphatic rings. The number of halogens is 2. The lowest BCUT2D eigenvalue weighted by molar-refractivity contribution is 0.0338. The van der Waals surface area contributed by atoms with Crippen molar-refractivity contribution in [2.24, 2.45) is 0 Å². The summed E-state index contributed by atoms with van der Waals surface area (Å²) >= 11 is 0. The lowest BCUT2D eigenvalue weighted by Gasteiger charge is -2.28. The van der Waals surface area contributed by atoms with Gasteiger partial charge in [-0.25, -0.2) is 8.78 Å². The predicted molar refractivity (Wildman–Crippen MR) is 79.0 cm³/mol. The van der Waals surface area contributed by atoms with E-state index in [0.717, 1.165) is 11.6 Å². The number of hydrogen-bond donors (Lipinski definition) is 1. The van der Waals surface area contributed by atoms with Gasteiger partial charge in [0.15, 0.2) is 0 Å². The lowest BCUT2D eigenvalue weighted by atomic mass is 9.95. The van der Waals surface area contributed by atoms with Gasteiger partial charge >= 0.3 is 0 Å². The predicted octanol–water partition coefficient (Wildman–Crippen LogP) is 4.00. The van der Waals surface area contributed by atoms with Crippen molar-refractivity contribution in [2.75, 3.05) is 13.7 Å². The molecule has 2 aromatic rings. The zero-order valence-electron chi connectivity index (χ0n) is 12.1. The van der Waals surface area contributed by atoms with Gasteiger partial charge < -0.3 is 10.1 Å². The van der Waals surface area contributed by atoms with Crippen LogP contribution in [0.5, 0.6) is 0 Å². The fourth-order valence-electron chi connectivity index (χ4n) is 2.43. The molecule has 0 aliphatic heterocycles. The maximum atomic E-state index is 14.1. The third-order valence-corrected chi connectivity index (χ3v) is 3.39. The lowest BCUT2D eigenvalue weighted by Crippen LogP contribution is -2.27. The van der Waals surface area contributed by atoms with Gasteiger partial charge in [-0.3, -0.25) is 0 Å². The molecule has 1 N–H and O–H groups in total. The van der Waals surface area contributed by atoms with Gasteiger partial charge in [-0.2, -0.15) is 0 Å². The van der Waals surface area contributed by atoms with E-state index in [1.165, 1.54) is 12.1 Å². The summed E-state index contributed by atoms with van der Waals surface area (Å²) in [6, 6.07) is 12.8. The SMILES string of the molecule is CCOC(c1ccccc1)C(NC)c1ccc(F)cc1F. The van der Waals surface area contributed by atoms with E-state index in [1.54, 1.807) is 7.05 Å². The highest BCUT2D eigenvalue weighted by molar-refractivity contribution is 5.28. The topological polar surface area (TPSA) is 21.3 Å². The standard InChI is InChI=1S/C17H19F2NO/c1-3-21-17(12-7-5-4-6-8-12)16(20-2)14-10-9-13(18)11-15(14)19/h4-11,16-17,20H,3H2,1-2H3. The Hall–Kier alpha value is -1.78. The number of likely N-dealkylation sites (N-methyl/N-ethyl adjacent to an activating group) is 1. The Kier molecular flexibility index (Phi) is 5.42. The van der Waals surface area contributed by atoms with Crippen molar-refractivity contribution in [3.8, 4) is 0 Å². The molecule has 4 heteroatoms. The van der Waals surface area contributed by atoms with E-state index in [9.17, 15) is 8.78 Å². The van der Waals surface area contributed by atoms with Crippen LogP contribution in [-0.4, -0.2) is 13.7 Å². The first-order chi connectivity index (χ1) is 10.2. The van der Waals surface area contributed by atoms with Gasteiger partial charge in [0.05, 0.1) is 6.04 Å². The summed E-state index contributed by atoms with van der Waals surface area (Å²) in [4.78, 5) is 0. The van der Waals surface area contributed by atoms with Crippen LogP contribution < -0.4 is 5.32 Å². The molecular formula is C17H19F2NO. The molecule has 21 heavy (non-hydrogen) atoms. The van der Waals surface area contributed by atoms with Gasteiger partial charge in [0.1, 0.15) is 17.7 Å². The van der Waals surface area contributed by atoms with Crippen LogP contribution in [0.3, 0.4) is 0 Å². The molecule has 112 valence electrons. The number of benzene rings is 2. The number of nitrogens with one attached hydrogen (secondary N) is 1. The molecule has 0 aromatic heterocycles. The minimum atomic E-state index is -0.584. The molecule has 0 heterocycles. The first-order valence-electron chi connectivity index (χ1n) is 6.96. The zero-order chi connectivity index (χ0) is 15.2. The van der Waals surface area contributed by atoms with Crippen LogP contribution in [0.15, 0.2) is 48.5 Å². The molecular weight excluding hydrogens is 272 g/mol. The zero-order valence-corrected chi connectivity index (χ0v) is 12.1. The first-order valence-corrected chi connectivity index (χ1v) is 6.96. The van der Waals surface area contributed by atoms with Crippen molar-refractivity contribution >= 4 is 0 Å². The van der Waals surface area contributed by atoms with E-state index in [-0.39, 0.29) is 6.10 Å². The molecule has 0 bridgehead atoms. The monoisotopic (exact) mass is 291 g/mol. The van der Waals surface area contributed by atoms with Gasteiger partial charge in [0.2, 0.25) is 0 Å². The molecule has 2 unspecified atom stereocenters. The molecule has 0 saturated carbocycles. The highest BCUT2D eigenvalue weighted by Gasteiger charge is 2.26.